The van der Waals surface area contributed by atoms with E-state index in [0.29, 0.717) is 0 Å². The minimum absolute atomic E-state index is 0.00293. The van der Waals surface area contributed by atoms with Crippen molar-refractivity contribution in [2.45, 2.75) is 38.5 Å². The van der Waals surface area contributed by atoms with E-state index in [9.17, 15) is 24.3 Å². The van der Waals surface area contributed by atoms with Gasteiger partial charge in [-0.2, -0.15) is 0 Å². The number of benzene rings is 1. The number of rotatable bonds is 7. The number of carbonyl (C=O) groups excluding carboxylic acids is 4. The summed E-state index contributed by atoms with van der Waals surface area (Å²) in [5, 5.41) is 12.6. The lowest BCUT2D eigenvalue weighted by Gasteiger charge is -2.29. The molecule has 1 fully saturated rings. The van der Waals surface area contributed by atoms with Gasteiger partial charge in [0.2, 0.25) is 0 Å². The van der Waals surface area contributed by atoms with Gasteiger partial charge in [-0.15, -0.1) is 0 Å². The zero-order valence-electron chi connectivity index (χ0n) is 20.6. The minimum atomic E-state index is -1.43. The molecule has 1 aromatic carbocycles. The standard InChI is InChI=1S/C26H28N2O9/c1-14(2)24(31)37-22-15(3)36-26(33)18(28-23(30)20-21(29)19(34-4)10-11-27-20)13-35-25(32)17(22)12-16-8-6-5-7-9-16/h5-11,15,17-18,22,29H,1,12-13H2,2-4H3,(H,28,30)/t15-,17+,18?,22?/m0/s1. The predicted octanol–water partition coefficient (Wildman–Crippen LogP) is 1.73. The summed E-state index contributed by atoms with van der Waals surface area (Å²) in [5.41, 5.74) is 0.464. The van der Waals surface area contributed by atoms with E-state index in [4.69, 9.17) is 18.9 Å². The van der Waals surface area contributed by atoms with Crippen LogP contribution in [0.2, 0.25) is 0 Å². The quantitative estimate of drug-likeness (QED) is 0.319. The third-order valence-electron chi connectivity index (χ3n) is 5.66. The number of aromatic hydroxyl groups is 1. The molecular formula is C26H28N2O9. The maximum Gasteiger partial charge on any atom is 0.333 e. The van der Waals surface area contributed by atoms with Crippen LogP contribution in [-0.4, -0.2) is 65.9 Å². The Kier molecular flexibility index (Phi) is 8.83. The molecule has 0 bridgehead atoms. The van der Waals surface area contributed by atoms with Crippen LogP contribution in [0.1, 0.15) is 29.9 Å². The first-order valence-electron chi connectivity index (χ1n) is 11.4. The monoisotopic (exact) mass is 512 g/mol. The molecule has 0 radical (unpaired) electrons. The largest absolute Gasteiger partial charge is 0.503 e. The lowest BCUT2D eigenvalue weighted by molar-refractivity contribution is -0.172. The van der Waals surface area contributed by atoms with Crippen molar-refractivity contribution >= 4 is 23.8 Å². The van der Waals surface area contributed by atoms with Crippen LogP contribution in [0.4, 0.5) is 0 Å². The van der Waals surface area contributed by atoms with Crippen LogP contribution in [0.5, 0.6) is 11.5 Å². The van der Waals surface area contributed by atoms with Gasteiger partial charge in [0, 0.05) is 17.8 Å². The van der Waals surface area contributed by atoms with Gasteiger partial charge in [-0.1, -0.05) is 36.9 Å². The van der Waals surface area contributed by atoms with Crippen LogP contribution in [0.3, 0.4) is 0 Å². The van der Waals surface area contributed by atoms with Crippen molar-refractivity contribution in [3.63, 3.8) is 0 Å². The van der Waals surface area contributed by atoms with Crippen LogP contribution in [0, 0.1) is 5.92 Å². The molecule has 11 heteroatoms. The number of cyclic esters (lactones) is 2. The summed E-state index contributed by atoms with van der Waals surface area (Å²) in [5.74, 6) is -4.92. The summed E-state index contributed by atoms with van der Waals surface area (Å²) in [6.07, 6.45) is -0.905. The van der Waals surface area contributed by atoms with Gasteiger partial charge in [-0.3, -0.25) is 9.59 Å². The van der Waals surface area contributed by atoms with E-state index < -0.39 is 66.0 Å². The average molecular weight is 513 g/mol. The zero-order valence-corrected chi connectivity index (χ0v) is 20.6. The molecule has 0 saturated carbocycles. The molecule has 1 saturated heterocycles. The molecule has 2 unspecified atom stereocenters. The van der Waals surface area contributed by atoms with E-state index in [2.05, 4.69) is 16.9 Å². The lowest BCUT2D eigenvalue weighted by Crippen LogP contribution is -2.46. The highest BCUT2D eigenvalue weighted by atomic mass is 16.6. The number of aromatic nitrogens is 1. The summed E-state index contributed by atoms with van der Waals surface area (Å²) < 4.78 is 21.4. The van der Waals surface area contributed by atoms with Crippen molar-refractivity contribution in [2.24, 2.45) is 5.92 Å². The van der Waals surface area contributed by atoms with E-state index in [-0.39, 0.29) is 17.7 Å². The molecule has 1 amide bonds. The number of nitrogens with zero attached hydrogens (tertiary/aromatic N) is 1. The molecule has 0 spiro atoms. The third-order valence-corrected chi connectivity index (χ3v) is 5.66. The van der Waals surface area contributed by atoms with Crippen LogP contribution < -0.4 is 10.1 Å². The van der Waals surface area contributed by atoms with E-state index >= 15 is 0 Å². The average Bonchev–Trinajstić information content (AvgIpc) is 2.91. The van der Waals surface area contributed by atoms with Gasteiger partial charge < -0.3 is 29.4 Å². The molecule has 11 nitrogen and oxygen atoms in total. The van der Waals surface area contributed by atoms with Gasteiger partial charge in [0.05, 0.1) is 7.11 Å². The van der Waals surface area contributed by atoms with Crippen molar-refractivity contribution in [1.82, 2.24) is 10.3 Å². The highest BCUT2D eigenvalue weighted by Crippen LogP contribution is 2.28. The number of nitrogens with one attached hydrogen (secondary N) is 1. The second-order valence-electron chi connectivity index (χ2n) is 8.45. The van der Waals surface area contributed by atoms with Crippen molar-refractivity contribution < 1.29 is 43.2 Å². The van der Waals surface area contributed by atoms with E-state index in [1.807, 2.05) is 6.07 Å². The number of carbonyl (C=O) groups is 4. The Morgan fingerprint density at radius 2 is 1.89 bits per heavy atom. The Hall–Kier alpha value is -4.41. The number of ether oxygens (including phenoxy) is 4. The maximum absolute atomic E-state index is 13.2. The van der Waals surface area contributed by atoms with Gasteiger partial charge in [-0.25, -0.2) is 14.6 Å². The zero-order chi connectivity index (χ0) is 27.1. The second-order valence-corrected chi connectivity index (χ2v) is 8.45. The third kappa shape index (κ3) is 6.63. The SMILES string of the molecule is C=C(C)C(=O)OC1[C@H](C)OC(=O)C(NC(=O)c2nccc(OC)c2O)COC(=O)[C@@H]1Cc1ccccc1. The Balaban J connectivity index is 1.88. The molecule has 1 aromatic heterocycles. The summed E-state index contributed by atoms with van der Waals surface area (Å²) in [7, 11) is 1.30. The highest BCUT2D eigenvalue weighted by molar-refractivity contribution is 5.98. The number of esters is 3. The van der Waals surface area contributed by atoms with Crippen molar-refractivity contribution in [1.29, 1.82) is 0 Å². The van der Waals surface area contributed by atoms with Crippen molar-refractivity contribution in [3.8, 4) is 11.5 Å². The van der Waals surface area contributed by atoms with E-state index in [0.717, 1.165) is 5.56 Å². The van der Waals surface area contributed by atoms with E-state index in [1.165, 1.54) is 33.2 Å². The Morgan fingerprint density at radius 1 is 1.19 bits per heavy atom. The molecule has 2 aromatic rings. The first-order valence-corrected chi connectivity index (χ1v) is 11.4. The van der Waals surface area contributed by atoms with Gasteiger partial charge >= 0.3 is 17.9 Å². The van der Waals surface area contributed by atoms with Crippen LogP contribution in [-0.2, 0) is 35.0 Å². The highest BCUT2D eigenvalue weighted by Gasteiger charge is 2.42. The smallest absolute Gasteiger partial charge is 0.333 e. The van der Waals surface area contributed by atoms with Crippen LogP contribution in [0.15, 0.2) is 54.7 Å². The Labute approximate surface area is 213 Å². The van der Waals surface area contributed by atoms with Crippen LogP contribution >= 0.6 is 0 Å². The molecule has 3 rings (SSSR count). The second kappa shape index (κ2) is 12.0. The number of hydrogen-bond acceptors (Lipinski definition) is 10. The summed E-state index contributed by atoms with van der Waals surface area (Å²) >= 11 is 0. The molecule has 0 aliphatic carbocycles. The summed E-state index contributed by atoms with van der Waals surface area (Å²) in [6.45, 7) is 5.92. The maximum atomic E-state index is 13.2. The molecule has 2 N–H and O–H groups in total. The van der Waals surface area contributed by atoms with Gasteiger partial charge in [-0.05, 0) is 25.8 Å². The number of hydrogen-bond donors (Lipinski definition) is 2. The fourth-order valence-electron chi connectivity index (χ4n) is 3.70. The van der Waals surface area contributed by atoms with Crippen molar-refractivity contribution in [3.05, 3.63) is 66.0 Å². The first-order chi connectivity index (χ1) is 17.6. The minimum Gasteiger partial charge on any atom is -0.503 e. The number of amides is 1. The molecule has 37 heavy (non-hydrogen) atoms. The molecule has 1 aliphatic rings. The normalized spacial score (nSPS) is 21.8. The Bertz CT molecular complexity index is 1180. The van der Waals surface area contributed by atoms with Crippen LogP contribution in [0.25, 0.3) is 0 Å². The van der Waals surface area contributed by atoms with Gasteiger partial charge in [0.1, 0.15) is 18.6 Å². The van der Waals surface area contributed by atoms with Gasteiger partial charge in [0.25, 0.3) is 5.91 Å². The molecule has 2 heterocycles. The molecule has 196 valence electrons. The fraction of sp³-hybridized carbons (Fsp3) is 0.346. The Morgan fingerprint density at radius 3 is 2.54 bits per heavy atom. The lowest BCUT2D eigenvalue weighted by atomic mass is 9.91. The summed E-state index contributed by atoms with van der Waals surface area (Å²) in [4.78, 5) is 55.1. The molecule has 4 atom stereocenters. The van der Waals surface area contributed by atoms with E-state index in [1.54, 1.807) is 24.3 Å². The predicted molar refractivity (Wildman–Crippen MR) is 129 cm³/mol. The topological polar surface area (TPSA) is 150 Å². The number of methoxy groups -OCH3 is 1. The fourth-order valence-corrected chi connectivity index (χ4v) is 3.70. The first kappa shape index (κ1) is 27.2. The van der Waals surface area contributed by atoms with Crippen molar-refractivity contribution in [2.75, 3.05) is 13.7 Å². The van der Waals surface area contributed by atoms with Gasteiger partial charge in [0.15, 0.2) is 29.3 Å². The number of pyridine rings is 1. The molecular weight excluding hydrogens is 484 g/mol. The summed E-state index contributed by atoms with van der Waals surface area (Å²) in [6, 6.07) is 8.91. The molecule has 1 aliphatic heterocycles.